The largest absolute Gasteiger partial charge is 0.336 e. The summed E-state index contributed by atoms with van der Waals surface area (Å²) >= 11 is 0. The topological polar surface area (TPSA) is 52.2 Å². The third-order valence-corrected chi connectivity index (χ3v) is 2.14. The molecule has 0 unspecified atom stereocenters. The maximum absolute atomic E-state index is 11.4. The average Bonchev–Trinajstić information content (AvgIpc) is 2.04. The van der Waals surface area contributed by atoms with E-state index in [0.29, 0.717) is 25.9 Å². The van der Waals surface area contributed by atoms with Crippen LogP contribution in [0.25, 0.3) is 0 Å². The van der Waals surface area contributed by atoms with Crippen LogP contribution in [0.2, 0.25) is 0 Å². The minimum absolute atomic E-state index is 0.0399. The fourth-order valence-corrected chi connectivity index (χ4v) is 1.40. The Morgan fingerprint density at radius 2 is 1.92 bits per heavy atom. The highest BCUT2D eigenvalue weighted by molar-refractivity contribution is 5.74. The number of rotatable bonds is 1. The molecule has 2 amide bonds. The van der Waals surface area contributed by atoms with E-state index in [9.17, 15) is 9.90 Å². The lowest BCUT2D eigenvalue weighted by atomic mass is 10.1. The van der Waals surface area contributed by atoms with Gasteiger partial charge in [0.1, 0.15) is 0 Å². The van der Waals surface area contributed by atoms with Crippen molar-refractivity contribution in [2.24, 2.45) is 0 Å². The summed E-state index contributed by atoms with van der Waals surface area (Å²) < 4.78 is 0. The number of carbonyl (C=O) groups excluding carboxylic acids is 1. The fraction of sp³-hybridized carbons (Fsp3) is 0.889. The van der Waals surface area contributed by atoms with Crippen LogP contribution in [0.1, 0.15) is 26.7 Å². The third-order valence-electron chi connectivity index (χ3n) is 2.14. The van der Waals surface area contributed by atoms with Gasteiger partial charge in [0, 0.05) is 19.1 Å². The van der Waals surface area contributed by atoms with E-state index in [1.54, 1.807) is 4.90 Å². The Labute approximate surface area is 78.9 Å². The molecule has 4 nitrogen and oxygen atoms in total. The minimum atomic E-state index is -0.469. The average molecular weight is 185 g/mol. The lowest BCUT2D eigenvalue weighted by molar-refractivity contribution is 0.0369. The van der Waals surface area contributed by atoms with Crippen LogP contribution in [0.4, 0.5) is 4.79 Å². The Hall–Kier alpha value is -0.770. The molecule has 1 heterocycles. The summed E-state index contributed by atoms with van der Waals surface area (Å²) in [6.07, 6.45) is 0.708. The van der Waals surface area contributed by atoms with E-state index in [0.717, 1.165) is 0 Å². The molecule has 1 N–H and O–H groups in total. The van der Waals surface area contributed by atoms with Crippen molar-refractivity contribution in [1.82, 2.24) is 10.2 Å². The van der Waals surface area contributed by atoms with E-state index in [-0.39, 0.29) is 12.1 Å². The van der Waals surface area contributed by atoms with Gasteiger partial charge in [-0.3, -0.25) is 0 Å². The second-order valence-electron chi connectivity index (χ2n) is 3.79. The van der Waals surface area contributed by atoms with Gasteiger partial charge in [0.2, 0.25) is 0 Å². The van der Waals surface area contributed by atoms with Gasteiger partial charge in [0.25, 0.3) is 0 Å². The molecule has 4 heteroatoms. The predicted molar refractivity (Wildman–Crippen MR) is 48.9 cm³/mol. The van der Waals surface area contributed by atoms with E-state index in [4.69, 9.17) is 0 Å². The summed E-state index contributed by atoms with van der Waals surface area (Å²) in [7, 11) is 0. The van der Waals surface area contributed by atoms with Crippen molar-refractivity contribution >= 4 is 6.03 Å². The minimum Gasteiger partial charge on any atom is -0.336 e. The molecule has 0 aliphatic carbocycles. The van der Waals surface area contributed by atoms with Crippen LogP contribution in [0.15, 0.2) is 0 Å². The first-order chi connectivity index (χ1) is 6.09. The number of nitrogens with zero attached hydrogens (tertiary/aromatic N) is 1. The van der Waals surface area contributed by atoms with Crippen LogP contribution < -0.4 is 5.32 Å². The van der Waals surface area contributed by atoms with Gasteiger partial charge in [-0.05, 0) is 26.7 Å². The lowest BCUT2D eigenvalue weighted by Crippen LogP contribution is -2.47. The number of hydrogen-bond donors (Lipinski definition) is 1. The van der Waals surface area contributed by atoms with Crippen LogP contribution in [0.5, 0.6) is 0 Å². The van der Waals surface area contributed by atoms with Crippen molar-refractivity contribution in [2.75, 3.05) is 13.1 Å². The predicted octanol–water partition coefficient (Wildman–Crippen LogP) is 0.999. The molecule has 0 spiro atoms. The van der Waals surface area contributed by atoms with Gasteiger partial charge in [0.05, 0.1) is 6.10 Å². The van der Waals surface area contributed by atoms with Crippen LogP contribution in [0.3, 0.4) is 0 Å². The Kier molecular flexibility index (Phi) is 3.54. The number of carbonyl (C=O) groups is 1. The number of likely N-dealkylation sites (tertiary alicyclic amines) is 1. The van der Waals surface area contributed by atoms with Crippen molar-refractivity contribution in [2.45, 2.75) is 38.8 Å². The normalized spacial score (nSPS) is 19.2. The van der Waals surface area contributed by atoms with Gasteiger partial charge in [0.15, 0.2) is 0 Å². The number of urea groups is 1. The second-order valence-corrected chi connectivity index (χ2v) is 3.79. The highest BCUT2D eigenvalue weighted by atomic mass is 16.3. The van der Waals surface area contributed by atoms with Gasteiger partial charge >= 0.3 is 6.03 Å². The number of hydrogen-bond acceptors (Lipinski definition) is 1. The molecule has 0 atom stereocenters. The van der Waals surface area contributed by atoms with E-state index in [1.165, 1.54) is 0 Å². The fourth-order valence-electron chi connectivity index (χ4n) is 1.40. The van der Waals surface area contributed by atoms with Gasteiger partial charge in [-0.1, -0.05) is 0 Å². The first-order valence-corrected chi connectivity index (χ1v) is 4.81. The van der Waals surface area contributed by atoms with E-state index >= 15 is 0 Å². The van der Waals surface area contributed by atoms with Crippen molar-refractivity contribution in [3.63, 3.8) is 0 Å². The molecule has 0 bridgehead atoms. The molecule has 1 radical (unpaired) electrons. The third kappa shape index (κ3) is 3.22. The molecule has 0 aromatic heterocycles. The number of nitrogens with one attached hydrogen (secondary N) is 1. The standard InChI is InChI=1S/C9H17N2O2/c1-7(2)10-9(13)11-5-3-8(12)4-6-11/h7-8H,3-6H2,1-2H3,(H,10,13). The van der Waals surface area contributed by atoms with Gasteiger partial charge in [-0.25, -0.2) is 9.90 Å². The molecule has 0 aromatic rings. The van der Waals surface area contributed by atoms with E-state index < -0.39 is 6.10 Å². The lowest BCUT2D eigenvalue weighted by Gasteiger charge is -2.29. The smallest absolute Gasteiger partial charge is 0.317 e. The van der Waals surface area contributed by atoms with E-state index in [2.05, 4.69) is 5.32 Å². The monoisotopic (exact) mass is 185 g/mol. The highest BCUT2D eigenvalue weighted by Crippen LogP contribution is 2.10. The summed E-state index contributed by atoms with van der Waals surface area (Å²) in [5, 5.41) is 13.8. The molecule has 1 aliphatic heterocycles. The zero-order chi connectivity index (χ0) is 9.84. The summed E-state index contributed by atoms with van der Waals surface area (Å²) in [5.41, 5.74) is 0. The first kappa shape index (κ1) is 10.3. The van der Waals surface area contributed by atoms with Crippen LogP contribution in [-0.4, -0.2) is 36.2 Å². The molecule has 75 valence electrons. The number of amides is 2. The summed E-state index contributed by atoms with van der Waals surface area (Å²) in [6.45, 7) is 5.07. The first-order valence-electron chi connectivity index (χ1n) is 4.81. The van der Waals surface area contributed by atoms with Crippen LogP contribution in [0, 0.1) is 0 Å². The summed E-state index contributed by atoms with van der Waals surface area (Å²) in [5.74, 6) is 0. The van der Waals surface area contributed by atoms with Crippen molar-refractivity contribution < 1.29 is 9.90 Å². The Morgan fingerprint density at radius 3 is 2.38 bits per heavy atom. The highest BCUT2D eigenvalue weighted by Gasteiger charge is 2.21. The van der Waals surface area contributed by atoms with Crippen LogP contribution in [-0.2, 0) is 5.11 Å². The van der Waals surface area contributed by atoms with Crippen LogP contribution >= 0.6 is 0 Å². The quantitative estimate of drug-likeness (QED) is 0.651. The second kappa shape index (κ2) is 4.46. The zero-order valence-electron chi connectivity index (χ0n) is 8.25. The van der Waals surface area contributed by atoms with Crippen molar-refractivity contribution in [3.8, 4) is 0 Å². The maximum Gasteiger partial charge on any atom is 0.317 e. The van der Waals surface area contributed by atoms with Crippen molar-refractivity contribution in [1.29, 1.82) is 0 Å². The Bertz CT molecular complexity index is 174. The molecule has 1 rings (SSSR count). The zero-order valence-corrected chi connectivity index (χ0v) is 8.25. The SMILES string of the molecule is CC(C)NC(=O)N1CCC([O])CC1. The molecule has 0 saturated carbocycles. The molecule has 13 heavy (non-hydrogen) atoms. The molecular weight excluding hydrogens is 168 g/mol. The number of piperidine rings is 1. The molecule has 1 fully saturated rings. The maximum atomic E-state index is 11.4. The molecule has 0 aromatic carbocycles. The Morgan fingerprint density at radius 1 is 1.38 bits per heavy atom. The molecule has 1 aliphatic rings. The molecule has 1 saturated heterocycles. The van der Waals surface area contributed by atoms with Gasteiger partial charge in [-0.15, -0.1) is 0 Å². The van der Waals surface area contributed by atoms with Gasteiger partial charge < -0.3 is 10.2 Å². The summed E-state index contributed by atoms with van der Waals surface area (Å²) in [6, 6.07) is 0.124. The summed E-state index contributed by atoms with van der Waals surface area (Å²) in [4.78, 5) is 13.1. The Balaban J connectivity index is 2.31. The van der Waals surface area contributed by atoms with Crippen molar-refractivity contribution in [3.05, 3.63) is 0 Å². The van der Waals surface area contributed by atoms with Gasteiger partial charge in [-0.2, -0.15) is 0 Å². The molecular formula is C9H17N2O2. The van der Waals surface area contributed by atoms with E-state index in [1.807, 2.05) is 13.8 Å².